The number of rotatable bonds is 9. The lowest BCUT2D eigenvalue weighted by atomic mass is 10.2. The van der Waals surface area contributed by atoms with Crippen LogP contribution in [0.4, 0.5) is 0 Å². The van der Waals surface area contributed by atoms with E-state index in [0.717, 1.165) is 39.0 Å². The number of ether oxygens (including phenoxy) is 2. The predicted molar refractivity (Wildman–Crippen MR) is 95.1 cm³/mol. The minimum Gasteiger partial charge on any atom is -0.396 e. The highest BCUT2D eigenvalue weighted by atomic mass is 32.2. The molecule has 25 heavy (non-hydrogen) atoms. The van der Waals surface area contributed by atoms with E-state index in [4.69, 9.17) is 14.6 Å². The maximum absolute atomic E-state index is 12.3. The maximum atomic E-state index is 12.3. The van der Waals surface area contributed by atoms with E-state index in [9.17, 15) is 9.59 Å². The molecule has 0 bridgehead atoms. The van der Waals surface area contributed by atoms with Crippen molar-refractivity contribution in [3.05, 3.63) is 0 Å². The Hall–Kier alpha value is -0.870. The minimum absolute atomic E-state index is 0.0611. The van der Waals surface area contributed by atoms with Crippen LogP contribution in [0.3, 0.4) is 0 Å². The third-order valence-corrected chi connectivity index (χ3v) is 5.36. The molecule has 2 unspecified atom stereocenters. The molecule has 2 heterocycles. The van der Waals surface area contributed by atoms with Crippen molar-refractivity contribution in [3.63, 3.8) is 0 Å². The molecule has 0 saturated carbocycles. The number of thioether (sulfide) groups is 1. The number of hydrogen-bond acceptors (Lipinski definition) is 7. The SMILES string of the molecule is O=C(CSC1CCCCO1)NC(CCO)C(=O)NCN1CCOCC1. The van der Waals surface area contributed by atoms with Crippen LogP contribution in [-0.4, -0.2) is 85.2 Å². The van der Waals surface area contributed by atoms with Crippen molar-refractivity contribution in [1.82, 2.24) is 15.5 Å². The van der Waals surface area contributed by atoms with Gasteiger partial charge in [0.05, 0.1) is 25.6 Å². The summed E-state index contributed by atoms with van der Waals surface area (Å²) in [6.07, 6.45) is 3.35. The predicted octanol–water partition coefficient (Wildman–Crippen LogP) is -0.481. The number of morpholine rings is 1. The standard InChI is InChI=1S/C16H29N3O5S/c20-7-4-13(16(22)17-12-19-5-9-23-10-6-19)18-14(21)11-25-15-3-1-2-8-24-15/h13,15,20H,1-12H2,(H,17,22)(H,18,21). The first-order chi connectivity index (χ1) is 12.2. The van der Waals surface area contributed by atoms with Crippen LogP contribution in [0.1, 0.15) is 25.7 Å². The third kappa shape index (κ3) is 7.91. The Morgan fingerprint density at radius 2 is 2.04 bits per heavy atom. The normalized spacial score (nSPS) is 23.0. The molecule has 0 aliphatic carbocycles. The van der Waals surface area contributed by atoms with E-state index in [1.165, 1.54) is 11.8 Å². The Labute approximate surface area is 153 Å². The van der Waals surface area contributed by atoms with Crippen LogP contribution < -0.4 is 10.6 Å². The van der Waals surface area contributed by atoms with Crippen molar-refractivity contribution < 1.29 is 24.2 Å². The Morgan fingerprint density at radius 1 is 1.24 bits per heavy atom. The molecule has 2 atom stereocenters. The Morgan fingerprint density at radius 3 is 2.72 bits per heavy atom. The number of aliphatic hydroxyl groups is 1. The summed E-state index contributed by atoms with van der Waals surface area (Å²) in [7, 11) is 0. The van der Waals surface area contributed by atoms with E-state index in [0.29, 0.717) is 19.9 Å². The van der Waals surface area contributed by atoms with E-state index in [-0.39, 0.29) is 36.0 Å². The summed E-state index contributed by atoms with van der Waals surface area (Å²) in [6, 6.07) is -0.716. The molecule has 9 heteroatoms. The number of nitrogens with one attached hydrogen (secondary N) is 2. The van der Waals surface area contributed by atoms with E-state index in [1.54, 1.807) is 0 Å². The summed E-state index contributed by atoms with van der Waals surface area (Å²) in [5.41, 5.74) is 0.0611. The fourth-order valence-corrected chi connectivity index (χ4v) is 3.66. The topological polar surface area (TPSA) is 100 Å². The van der Waals surface area contributed by atoms with Crippen molar-refractivity contribution in [2.45, 2.75) is 37.2 Å². The van der Waals surface area contributed by atoms with Gasteiger partial charge in [-0.3, -0.25) is 14.5 Å². The number of carbonyl (C=O) groups excluding carboxylic acids is 2. The summed E-state index contributed by atoms with van der Waals surface area (Å²) >= 11 is 1.46. The largest absolute Gasteiger partial charge is 0.396 e. The highest BCUT2D eigenvalue weighted by Gasteiger charge is 2.22. The second-order valence-electron chi connectivity index (χ2n) is 6.17. The van der Waals surface area contributed by atoms with Crippen LogP contribution in [0.5, 0.6) is 0 Å². The van der Waals surface area contributed by atoms with Crippen LogP contribution in [0, 0.1) is 0 Å². The summed E-state index contributed by atoms with van der Waals surface area (Å²) < 4.78 is 10.8. The quantitative estimate of drug-likeness (QED) is 0.500. The van der Waals surface area contributed by atoms with Gasteiger partial charge in [0.1, 0.15) is 11.5 Å². The smallest absolute Gasteiger partial charge is 0.243 e. The molecule has 0 spiro atoms. The zero-order valence-electron chi connectivity index (χ0n) is 14.6. The molecular formula is C16H29N3O5S. The minimum atomic E-state index is -0.716. The summed E-state index contributed by atoms with van der Waals surface area (Å²) in [6.45, 7) is 3.88. The first-order valence-electron chi connectivity index (χ1n) is 8.90. The molecule has 2 aliphatic rings. The highest BCUT2D eigenvalue weighted by molar-refractivity contribution is 8.00. The van der Waals surface area contributed by atoms with Gasteiger partial charge in [-0.05, 0) is 25.7 Å². The summed E-state index contributed by atoms with van der Waals surface area (Å²) in [4.78, 5) is 26.5. The average molecular weight is 375 g/mol. The molecule has 3 N–H and O–H groups in total. The van der Waals surface area contributed by atoms with Gasteiger partial charge in [0.2, 0.25) is 11.8 Å². The monoisotopic (exact) mass is 375 g/mol. The fraction of sp³-hybridized carbons (Fsp3) is 0.875. The van der Waals surface area contributed by atoms with Gasteiger partial charge in [-0.2, -0.15) is 0 Å². The first-order valence-corrected chi connectivity index (χ1v) is 9.95. The van der Waals surface area contributed by atoms with Crippen LogP contribution >= 0.6 is 11.8 Å². The number of amides is 2. The van der Waals surface area contributed by atoms with Crippen LogP contribution in [-0.2, 0) is 19.1 Å². The second kappa shape index (κ2) is 11.7. The number of hydrogen-bond donors (Lipinski definition) is 3. The summed E-state index contributed by atoms with van der Waals surface area (Å²) in [5, 5.41) is 14.7. The molecule has 0 aromatic carbocycles. The lowest BCUT2D eigenvalue weighted by molar-refractivity contribution is -0.129. The van der Waals surface area contributed by atoms with Crippen molar-refractivity contribution in [3.8, 4) is 0 Å². The van der Waals surface area contributed by atoms with Gasteiger partial charge < -0.3 is 25.2 Å². The zero-order valence-corrected chi connectivity index (χ0v) is 15.4. The lowest BCUT2D eigenvalue weighted by Crippen LogP contribution is -2.51. The van der Waals surface area contributed by atoms with Gasteiger partial charge in [0, 0.05) is 26.3 Å². The Bertz CT molecular complexity index is 415. The van der Waals surface area contributed by atoms with Crippen LogP contribution in [0.2, 0.25) is 0 Å². The van der Waals surface area contributed by atoms with E-state index >= 15 is 0 Å². The van der Waals surface area contributed by atoms with E-state index in [1.807, 2.05) is 0 Å². The molecule has 2 amide bonds. The summed E-state index contributed by atoms with van der Waals surface area (Å²) in [5.74, 6) is -0.226. The average Bonchev–Trinajstić information content (AvgIpc) is 2.66. The highest BCUT2D eigenvalue weighted by Crippen LogP contribution is 2.22. The maximum Gasteiger partial charge on any atom is 0.243 e. The molecule has 2 fully saturated rings. The zero-order chi connectivity index (χ0) is 17.9. The second-order valence-corrected chi connectivity index (χ2v) is 7.32. The van der Waals surface area contributed by atoms with Crippen molar-refractivity contribution in [1.29, 1.82) is 0 Å². The molecule has 8 nitrogen and oxygen atoms in total. The number of carbonyl (C=O) groups is 2. The number of nitrogens with zero attached hydrogens (tertiary/aromatic N) is 1. The van der Waals surface area contributed by atoms with Gasteiger partial charge in [0.15, 0.2) is 0 Å². The van der Waals surface area contributed by atoms with Gasteiger partial charge >= 0.3 is 0 Å². The molecule has 144 valence electrons. The molecular weight excluding hydrogens is 346 g/mol. The molecule has 2 aliphatic heterocycles. The fourth-order valence-electron chi connectivity index (χ4n) is 2.72. The van der Waals surface area contributed by atoms with E-state index in [2.05, 4.69) is 15.5 Å². The van der Waals surface area contributed by atoms with E-state index < -0.39 is 6.04 Å². The van der Waals surface area contributed by atoms with Gasteiger partial charge in [-0.1, -0.05) is 0 Å². The molecule has 2 saturated heterocycles. The van der Waals surface area contributed by atoms with Crippen LogP contribution in [0.15, 0.2) is 0 Å². The molecule has 0 aromatic rings. The molecule has 0 radical (unpaired) electrons. The van der Waals surface area contributed by atoms with Crippen molar-refractivity contribution >= 4 is 23.6 Å². The van der Waals surface area contributed by atoms with Crippen LogP contribution in [0.25, 0.3) is 0 Å². The van der Waals surface area contributed by atoms with Gasteiger partial charge in [-0.25, -0.2) is 0 Å². The lowest BCUT2D eigenvalue weighted by Gasteiger charge is -2.27. The van der Waals surface area contributed by atoms with Crippen molar-refractivity contribution in [2.75, 3.05) is 51.9 Å². The Kier molecular flexibility index (Phi) is 9.56. The van der Waals surface area contributed by atoms with Gasteiger partial charge in [-0.15, -0.1) is 11.8 Å². The Balaban J connectivity index is 1.69. The number of aliphatic hydroxyl groups excluding tert-OH is 1. The first kappa shape index (κ1) is 20.4. The molecule has 2 rings (SSSR count). The third-order valence-electron chi connectivity index (χ3n) is 4.19. The molecule has 0 aromatic heterocycles. The van der Waals surface area contributed by atoms with Gasteiger partial charge in [0.25, 0.3) is 0 Å². The van der Waals surface area contributed by atoms with Crippen molar-refractivity contribution in [2.24, 2.45) is 0 Å².